The van der Waals surface area contributed by atoms with Crippen LogP contribution in [0.1, 0.15) is 12.0 Å². The molecular formula is C13H16N2O3. The van der Waals surface area contributed by atoms with Crippen LogP contribution in [-0.2, 0) is 11.2 Å². The highest BCUT2D eigenvalue weighted by molar-refractivity contribution is 5.79. The van der Waals surface area contributed by atoms with E-state index in [1.165, 1.54) is 0 Å². The van der Waals surface area contributed by atoms with Crippen LogP contribution in [-0.4, -0.2) is 36.7 Å². The molecule has 3 rings (SSSR count). The minimum absolute atomic E-state index is 0.0152. The Labute approximate surface area is 105 Å². The van der Waals surface area contributed by atoms with E-state index in [9.17, 15) is 4.79 Å². The van der Waals surface area contributed by atoms with Gasteiger partial charge in [0.25, 0.3) is 0 Å². The third-order valence-corrected chi connectivity index (χ3v) is 3.37. The highest BCUT2D eigenvalue weighted by Crippen LogP contribution is 2.35. The first-order valence-corrected chi connectivity index (χ1v) is 6.15. The van der Waals surface area contributed by atoms with E-state index in [-0.39, 0.29) is 18.7 Å². The predicted octanol–water partition coefficient (Wildman–Crippen LogP) is 0.517. The van der Waals surface area contributed by atoms with E-state index >= 15 is 0 Å². The Morgan fingerprint density at radius 2 is 2.28 bits per heavy atom. The van der Waals surface area contributed by atoms with Crippen molar-refractivity contribution in [2.45, 2.75) is 18.9 Å². The number of nitrogens with two attached hydrogens (primary N) is 1. The average molecular weight is 248 g/mol. The van der Waals surface area contributed by atoms with Gasteiger partial charge in [0.15, 0.2) is 11.5 Å². The average Bonchev–Trinajstić information content (AvgIpc) is 2.93. The fraction of sp³-hybridized carbons (Fsp3) is 0.462. The summed E-state index contributed by atoms with van der Waals surface area (Å²) in [6.45, 7) is 1.62. The molecule has 2 heterocycles. The van der Waals surface area contributed by atoms with Gasteiger partial charge >= 0.3 is 0 Å². The van der Waals surface area contributed by atoms with Crippen LogP contribution in [0, 0.1) is 0 Å². The molecule has 1 saturated heterocycles. The molecule has 0 aromatic heterocycles. The van der Waals surface area contributed by atoms with Crippen molar-refractivity contribution >= 4 is 5.91 Å². The zero-order chi connectivity index (χ0) is 12.5. The standard InChI is InChI=1S/C13H16N2O3/c14-10-6-12(16)15(7-10)5-4-9-2-1-3-11-13(9)18-8-17-11/h1-3,10H,4-8,14H2. The van der Waals surface area contributed by atoms with Crippen LogP contribution in [0.3, 0.4) is 0 Å². The van der Waals surface area contributed by atoms with E-state index in [1.54, 1.807) is 0 Å². The molecule has 5 heteroatoms. The number of amides is 1. The Balaban J connectivity index is 1.67. The van der Waals surface area contributed by atoms with Crippen molar-refractivity contribution in [3.63, 3.8) is 0 Å². The maximum atomic E-state index is 11.6. The second-order valence-corrected chi connectivity index (χ2v) is 4.70. The molecule has 1 atom stereocenters. The number of fused-ring (bicyclic) bond motifs is 1. The molecule has 0 spiro atoms. The van der Waals surface area contributed by atoms with Crippen molar-refractivity contribution in [1.29, 1.82) is 0 Å². The van der Waals surface area contributed by atoms with Gasteiger partial charge in [-0.15, -0.1) is 0 Å². The summed E-state index contributed by atoms with van der Waals surface area (Å²) in [6.07, 6.45) is 1.23. The van der Waals surface area contributed by atoms with Crippen molar-refractivity contribution in [3.05, 3.63) is 23.8 Å². The lowest BCUT2D eigenvalue weighted by Gasteiger charge is -2.16. The molecule has 2 aliphatic heterocycles. The number of carbonyl (C=O) groups excluding carboxylic acids is 1. The van der Waals surface area contributed by atoms with Crippen LogP contribution in [0.25, 0.3) is 0 Å². The predicted molar refractivity (Wildman–Crippen MR) is 65.4 cm³/mol. The number of hydrogen-bond acceptors (Lipinski definition) is 4. The van der Waals surface area contributed by atoms with Gasteiger partial charge < -0.3 is 20.1 Å². The molecule has 1 fully saturated rings. The van der Waals surface area contributed by atoms with Crippen LogP contribution in [0.15, 0.2) is 18.2 Å². The van der Waals surface area contributed by atoms with Crippen LogP contribution < -0.4 is 15.2 Å². The van der Waals surface area contributed by atoms with Gasteiger partial charge in [-0.1, -0.05) is 12.1 Å². The van der Waals surface area contributed by atoms with E-state index in [2.05, 4.69) is 0 Å². The Kier molecular flexibility index (Phi) is 2.83. The molecule has 1 amide bonds. The molecule has 0 saturated carbocycles. The molecule has 0 aliphatic carbocycles. The number of hydrogen-bond donors (Lipinski definition) is 1. The maximum absolute atomic E-state index is 11.6. The summed E-state index contributed by atoms with van der Waals surface area (Å²) in [6, 6.07) is 5.83. The lowest BCUT2D eigenvalue weighted by atomic mass is 10.1. The number of carbonyl (C=O) groups is 1. The monoisotopic (exact) mass is 248 g/mol. The van der Waals surface area contributed by atoms with Gasteiger partial charge in [0.05, 0.1) is 0 Å². The summed E-state index contributed by atoms with van der Waals surface area (Å²) < 4.78 is 10.8. The Morgan fingerprint density at radius 3 is 3.06 bits per heavy atom. The Hall–Kier alpha value is -1.75. The van der Waals surface area contributed by atoms with Crippen molar-refractivity contribution in [3.8, 4) is 11.5 Å². The third kappa shape index (κ3) is 2.01. The summed E-state index contributed by atoms with van der Waals surface area (Å²) in [7, 11) is 0. The number of ether oxygens (including phenoxy) is 2. The van der Waals surface area contributed by atoms with Crippen LogP contribution in [0.5, 0.6) is 11.5 Å². The van der Waals surface area contributed by atoms with Crippen molar-refractivity contribution in [2.75, 3.05) is 19.9 Å². The summed E-state index contributed by atoms with van der Waals surface area (Å²) in [5.74, 6) is 1.75. The summed E-state index contributed by atoms with van der Waals surface area (Å²) in [5, 5.41) is 0. The summed E-state index contributed by atoms with van der Waals surface area (Å²) >= 11 is 0. The quantitative estimate of drug-likeness (QED) is 0.847. The molecule has 1 aromatic carbocycles. The molecular weight excluding hydrogens is 232 g/mol. The highest BCUT2D eigenvalue weighted by Gasteiger charge is 2.27. The molecule has 96 valence electrons. The minimum atomic E-state index is -0.0152. The van der Waals surface area contributed by atoms with Crippen LogP contribution in [0.2, 0.25) is 0 Å². The highest BCUT2D eigenvalue weighted by atomic mass is 16.7. The molecule has 0 bridgehead atoms. The van der Waals surface area contributed by atoms with Gasteiger partial charge in [-0.25, -0.2) is 0 Å². The van der Waals surface area contributed by atoms with E-state index in [0.717, 1.165) is 23.5 Å². The topological polar surface area (TPSA) is 64.8 Å². The van der Waals surface area contributed by atoms with Gasteiger partial charge in [0.1, 0.15) is 0 Å². The Bertz CT molecular complexity index is 475. The maximum Gasteiger partial charge on any atom is 0.231 e. The molecule has 0 radical (unpaired) electrons. The van der Waals surface area contributed by atoms with Gasteiger partial charge in [0, 0.05) is 25.6 Å². The molecule has 5 nitrogen and oxygen atoms in total. The van der Waals surface area contributed by atoms with E-state index < -0.39 is 0 Å². The van der Waals surface area contributed by atoms with Crippen molar-refractivity contribution in [2.24, 2.45) is 5.73 Å². The smallest absolute Gasteiger partial charge is 0.231 e. The lowest BCUT2D eigenvalue weighted by Crippen LogP contribution is -2.30. The SMILES string of the molecule is NC1CC(=O)N(CCc2cccc3c2OCO3)C1. The molecule has 2 N–H and O–H groups in total. The lowest BCUT2D eigenvalue weighted by molar-refractivity contribution is -0.127. The first-order chi connectivity index (χ1) is 8.74. The van der Waals surface area contributed by atoms with E-state index in [4.69, 9.17) is 15.2 Å². The van der Waals surface area contributed by atoms with Crippen LogP contribution >= 0.6 is 0 Å². The second-order valence-electron chi connectivity index (χ2n) is 4.70. The van der Waals surface area contributed by atoms with E-state index in [1.807, 2.05) is 23.1 Å². The minimum Gasteiger partial charge on any atom is -0.454 e. The molecule has 2 aliphatic rings. The number of benzene rings is 1. The number of likely N-dealkylation sites (tertiary alicyclic amines) is 1. The van der Waals surface area contributed by atoms with Gasteiger partial charge in [-0.05, 0) is 18.1 Å². The Morgan fingerprint density at radius 1 is 1.39 bits per heavy atom. The zero-order valence-corrected chi connectivity index (χ0v) is 10.1. The van der Waals surface area contributed by atoms with Gasteiger partial charge in [0.2, 0.25) is 12.7 Å². The van der Waals surface area contributed by atoms with Crippen LogP contribution in [0.4, 0.5) is 0 Å². The fourth-order valence-corrected chi connectivity index (χ4v) is 2.46. The third-order valence-electron chi connectivity index (χ3n) is 3.37. The number of rotatable bonds is 3. The largest absolute Gasteiger partial charge is 0.454 e. The molecule has 18 heavy (non-hydrogen) atoms. The fourth-order valence-electron chi connectivity index (χ4n) is 2.46. The molecule has 1 aromatic rings. The second kappa shape index (κ2) is 4.49. The van der Waals surface area contributed by atoms with Crippen molar-refractivity contribution in [1.82, 2.24) is 4.90 Å². The van der Waals surface area contributed by atoms with E-state index in [0.29, 0.717) is 19.5 Å². The molecule has 1 unspecified atom stereocenters. The first-order valence-electron chi connectivity index (χ1n) is 6.15. The van der Waals surface area contributed by atoms with Gasteiger partial charge in [-0.3, -0.25) is 4.79 Å². The summed E-state index contributed by atoms with van der Waals surface area (Å²) in [5.41, 5.74) is 6.85. The number of para-hydroxylation sites is 1. The first kappa shape index (κ1) is 11.3. The van der Waals surface area contributed by atoms with Crippen molar-refractivity contribution < 1.29 is 14.3 Å². The van der Waals surface area contributed by atoms with Gasteiger partial charge in [-0.2, -0.15) is 0 Å². The number of nitrogens with zero attached hydrogens (tertiary/aromatic N) is 1. The normalized spacial score (nSPS) is 21.7. The zero-order valence-electron chi connectivity index (χ0n) is 10.1. The summed E-state index contributed by atoms with van der Waals surface area (Å²) in [4.78, 5) is 13.4.